The van der Waals surface area contributed by atoms with Crippen LogP contribution in [0, 0.1) is 6.92 Å². The summed E-state index contributed by atoms with van der Waals surface area (Å²) in [6.45, 7) is 2.07. The zero-order valence-corrected chi connectivity index (χ0v) is 6.50. The van der Waals surface area contributed by atoms with Crippen molar-refractivity contribution >= 4 is 5.78 Å². The van der Waals surface area contributed by atoms with E-state index in [1.54, 1.807) is 12.1 Å². The van der Waals surface area contributed by atoms with E-state index in [2.05, 4.69) is 0 Å². The first-order valence-electron chi connectivity index (χ1n) is 3.54. The van der Waals surface area contributed by atoms with Crippen LogP contribution in [-0.4, -0.2) is 12.3 Å². The number of hydrogen-bond donors (Lipinski definition) is 1. The summed E-state index contributed by atoms with van der Waals surface area (Å²) >= 11 is 0. The van der Waals surface area contributed by atoms with Crippen LogP contribution in [0.15, 0.2) is 24.3 Å². The van der Waals surface area contributed by atoms with Gasteiger partial charge in [-0.15, -0.1) is 0 Å². The Labute approximate surface area is 66.0 Å². The highest BCUT2D eigenvalue weighted by Gasteiger charge is 2.00. The number of aryl methyl sites for hydroxylation is 1. The van der Waals surface area contributed by atoms with Gasteiger partial charge in [-0.2, -0.15) is 0 Å². The van der Waals surface area contributed by atoms with Crippen molar-refractivity contribution in [3.05, 3.63) is 35.4 Å². The molecular formula is C9H11NO. The van der Waals surface area contributed by atoms with Gasteiger partial charge in [0.25, 0.3) is 0 Å². The molecule has 0 aliphatic rings. The summed E-state index contributed by atoms with van der Waals surface area (Å²) in [6, 6.07) is 7.40. The van der Waals surface area contributed by atoms with E-state index in [9.17, 15) is 4.79 Å². The van der Waals surface area contributed by atoms with Gasteiger partial charge in [0.15, 0.2) is 5.78 Å². The molecular weight excluding hydrogens is 138 g/mol. The highest BCUT2D eigenvalue weighted by Crippen LogP contribution is 2.02. The average Bonchev–Trinajstić information content (AvgIpc) is 2.05. The molecule has 0 saturated heterocycles. The van der Waals surface area contributed by atoms with Crippen LogP contribution in [0.2, 0.25) is 0 Å². The lowest BCUT2D eigenvalue weighted by Gasteiger charge is -1.96. The monoisotopic (exact) mass is 149 g/mol. The zero-order chi connectivity index (χ0) is 8.27. The van der Waals surface area contributed by atoms with Crippen molar-refractivity contribution in [3.63, 3.8) is 0 Å². The van der Waals surface area contributed by atoms with Gasteiger partial charge in [-0.1, -0.05) is 29.8 Å². The molecule has 1 aromatic rings. The molecule has 0 aromatic heterocycles. The van der Waals surface area contributed by atoms with Crippen LogP contribution in [0.3, 0.4) is 0 Å². The minimum absolute atomic E-state index is 0.00926. The Balaban J connectivity index is 2.90. The largest absolute Gasteiger partial charge is 0.324 e. The fraction of sp³-hybridized carbons (Fsp3) is 0.222. The molecule has 0 heterocycles. The molecule has 58 valence electrons. The predicted octanol–water partition coefficient (Wildman–Crippen LogP) is 1.14. The molecule has 1 rings (SSSR count). The van der Waals surface area contributed by atoms with Crippen molar-refractivity contribution in [1.29, 1.82) is 0 Å². The first-order chi connectivity index (χ1) is 5.24. The molecule has 1 aromatic carbocycles. The van der Waals surface area contributed by atoms with Gasteiger partial charge in [-0.3, -0.25) is 4.79 Å². The van der Waals surface area contributed by atoms with E-state index in [1.165, 1.54) is 0 Å². The second kappa shape index (κ2) is 3.30. The third kappa shape index (κ3) is 1.88. The summed E-state index contributed by atoms with van der Waals surface area (Å²) < 4.78 is 0. The molecule has 0 fully saturated rings. The van der Waals surface area contributed by atoms with Crippen LogP contribution in [0.5, 0.6) is 0 Å². The van der Waals surface area contributed by atoms with Gasteiger partial charge in [0.1, 0.15) is 0 Å². The molecule has 11 heavy (non-hydrogen) atoms. The molecule has 0 aliphatic heterocycles. The molecule has 0 unspecified atom stereocenters. The van der Waals surface area contributed by atoms with E-state index in [4.69, 9.17) is 5.73 Å². The Bertz CT molecular complexity index is 251. The molecule has 0 aliphatic carbocycles. The number of nitrogens with two attached hydrogens (primary N) is 1. The molecule has 2 heteroatoms. The maximum atomic E-state index is 11.0. The van der Waals surface area contributed by atoms with E-state index in [0.29, 0.717) is 5.56 Å². The van der Waals surface area contributed by atoms with Crippen molar-refractivity contribution in [2.24, 2.45) is 5.73 Å². The fourth-order valence-corrected chi connectivity index (χ4v) is 0.857. The number of carbonyl (C=O) groups is 1. The lowest BCUT2D eigenvalue weighted by molar-refractivity contribution is 0.100. The first kappa shape index (κ1) is 7.95. The smallest absolute Gasteiger partial charge is 0.176 e. The van der Waals surface area contributed by atoms with Crippen LogP contribution in [0.4, 0.5) is 0 Å². The molecule has 0 saturated carbocycles. The van der Waals surface area contributed by atoms with E-state index in [0.717, 1.165) is 5.56 Å². The van der Waals surface area contributed by atoms with E-state index < -0.39 is 0 Å². The van der Waals surface area contributed by atoms with Crippen LogP contribution < -0.4 is 5.73 Å². The maximum absolute atomic E-state index is 11.0. The van der Waals surface area contributed by atoms with Crippen molar-refractivity contribution in [2.75, 3.05) is 6.54 Å². The Morgan fingerprint density at radius 3 is 2.36 bits per heavy atom. The standard InChI is InChI=1S/C9H11NO/c1-7-2-4-8(5-3-7)9(11)6-10/h2-5H,6,10H2,1H3. The minimum Gasteiger partial charge on any atom is -0.324 e. The van der Waals surface area contributed by atoms with E-state index in [-0.39, 0.29) is 12.3 Å². The van der Waals surface area contributed by atoms with Crippen molar-refractivity contribution in [2.45, 2.75) is 6.92 Å². The number of rotatable bonds is 2. The molecule has 0 radical (unpaired) electrons. The summed E-state index contributed by atoms with van der Waals surface area (Å²) in [6.07, 6.45) is 0. The second-order valence-corrected chi connectivity index (χ2v) is 2.49. The topological polar surface area (TPSA) is 43.1 Å². The van der Waals surface area contributed by atoms with Crippen molar-refractivity contribution in [3.8, 4) is 0 Å². The summed E-state index contributed by atoms with van der Waals surface area (Å²) in [5.74, 6) is -0.00926. The normalized spacial score (nSPS) is 9.64. The molecule has 0 amide bonds. The summed E-state index contributed by atoms with van der Waals surface area (Å²) in [7, 11) is 0. The van der Waals surface area contributed by atoms with Crippen molar-refractivity contribution in [1.82, 2.24) is 0 Å². The maximum Gasteiger partial charge on any atom is 0.176 e. The lowest BCUT2D eigenvalue weighted by atomic mass is 10.1. The van der Waals surface area contributed by atoms with Crippen LogP contribution in [-0.2, 0) is 0 Å². The first-order valence-corrected chi connectivity index (χ1v) is 3.54. The highest BCUT2D eigenvalue weighted by molar-refractivity contribution is 5.97. The molecule has 0 bridgehead atoms. The summed E-state index contributed by atoms with van der Waals surface area (Å²) in [4.78, 5) is 11.0. The quantitative estimate of drug-likeness (QED) is 0.641. The fourth-order valence-electron chi connectivity index (χ4n) is 0.857. The third-order valence-electron chi connectivity index (χ3n) is 1.56. The van der Waals surface area contributed by atoms with Crippen molar-refractivity contribution < 1.29 is 4.79 Å². The highest BCUT2D eigenvalue weighted by atomic mass is 16.1. The zero-order valence-electron chi connectivity index (χ0n) is 6.50. The molecule has 2 N–H and O–H groups in total. The van der Waals surface area contributed by atoms with Gasteiger partial charge < -0.3 is 5.73 Å². The molecule has 0 spiro atoms. The Morgan fingerprint density at radius 2 is 1.91 bits per heavy atom. The summed E-state index contributed by atoms with van der Waals surface area (Å²) in [5, 5.41) is 0. The van der Waals surface area contributed by atoms with Crippen LogP contribution in [0.25, 0.3) is 0 Å². The number of Topliss-reactive ketones (excluding diaryl/α,β-unsaturated/α-hetero) is 1. The van der Waals surface area contributed by atoms with E-state index in [1.807, 2.05) is 19.1 Å². The van der Waals surface area contributed by atoms with Gasteiger partial charge in [0.2, 0.25) is 0 Å². The molecule has 2 nitrogen and oxygen atoms in total. The predicted molar refractivity (Wildman–Crippen MR) is 44.6 cm³/mol. The second-order valence-electron chi connectivity index (χ2n) is 2.49. The number of hydrogen-bond acceptors (Lipinski definition) is 2. The SMILES string of the molecule is Cc1ccc(C(=O)CN)cc1. The summed E-state index contributed by atoms with van der Waals surface area (Å²) in [5.41, 5.74) is 7.04. The third-order valence-corrected chi connectivity index (χ3v) is 1.56. The van der Waals surface area contributed by atoms with Gasteiger partial charge in [-0.25, -0.2) is 0 Å². The van der Waals surface area contributed by atoms with Gasteiger partial charge in [-0.05, 0) is 6.92 Å². The lowest BCUT2D eigenvalue weighted by Crippen LogP contribution is -2.13. The average molecular weight is 149 g/mol. The van der Waals surface area contributed by atoms with Crippen LogP contribution in [0.1, 0.15) is 15.9 Å². The number of carbonyl (C=O) groups excluding carboxylic acids is 1. The minimum atomic E-state index is -0.00926. The van der Waals surface area contributed by atoms with Gasteiger partial charge in [0, 0.05) is 5.56 Å². The van der Waals surface area contributed by atoms with Gasteiger partial charge >= 0.3 is 0 Å². The Morgan fingerprint density at radius 1 is 1.36 bits per heavy atom. The number of benzene rings is 1. The van der Waals surface area contributed by atoms with Crippen LogP contribution >= 0.6 is 0 Å². The number of ketones is 1. The Hall–Kier alpha value is -1.15. The van der Waals surface area contributed by atoms with Gasteiger partial charge in [0.05, 0.1) is 6.54 Å². The Kier molecular flexibility index (Phi) is 2.39. The molecule has 0 atom stereocenters. The van der Waals surface area contributed by atoms with E-state index >= 15 is 0 Å².